The zero-order valence-electron chi connectivity index (χ0n) is 8.46. The Labute approximate surface area is 96.5 Å². The fraction of sp³-hybridized carbons (Fsp3) is 0.300. The Morgan fingerprint density at radius 3 is 2.53 bits per heavy atom. The van der Waals surface area contributed by atoms with Gasteiger partial charge in [0.1, 0.15) is 0 Å². The quantitative estimate of drug-likeness (QED) is 0.840. The highest BCUT2D eigenvalue weighted by atomic mass is 79.9. The topological polar surface area (TPSA) is 59.3 Å². The van der Waals surface area contributed by atoms with Crippen LogP contribution in [0.3, 0.4) is 0 Å². The van der Waals surface area contributed by atoms with Gasteiger partial charge in [0.25, 0.3) is 0 Å². The Morgan fingerprint density at radius 2 is 2.07 bits per heavy atom. The molecule has 0 aliphatic rings. The molecule has 0 spiro atoms. The summed E-state index contributed by atoms with van der Waals surface area (Å²) < 4.78 is 10.9. The van der Waals surface area contributed by atoms with Gasteiger partial charge >= 0.3 is 0 Å². The number of benzene rings is 1. The maximum absolute atomic E-state index is 10.7. The average molecular weight is 273 g/mol. The summed E-state index contributed by atoms with van der Waals surface area (Å²) in [6, 6.07) is 3.43. The molecule has 4 nitrogen and oxygen atoms in total. The molecule has 0 aliphatic carbocycles. The lowest BCUT2D eigenvalue weighted by Crippen LogP contribution is -2.03. The standard InChI is InChI=1S/C10H11BrNO3/c1-14-8-4-6(5-9(12)13)3-7(11)10(8)15-2/h3-4,12H,5H2,1-2H3. The van der Waals surface area contributed by atoms with Crippen LogP contribution in [0.4, 0.5) is 0 Å². The van der Waals surface area contributed by atoms with E-state index in [9.17, 15) is 4.79 Å². The number of amides is 1. The third-order valence-electron chi connectivity index (χ3n) is 1.86. The number of nitrogens with one attached hydrogen (secondary N) is 1. The summed E-state index contributed by atoms with van der Waals surface area (Å²) in [6.45, 7) is 0. The smallest absolute Gasteiger partial charge is 0.242 e. The van der Waals surface area contributed by atoms with Gasteiger partial charge in [-0.3, -0.25) is 10.5 Å². The van der Waals surface area contributed by atoms with Gasteiger partial charge in [0.05, 0.1) is 25.1 Å². The van der Waals surface area contributed by atoms with Gasteiger partial charge in [0.2, 0.25) is 5.91 Å². The molecule has 1 radical (unpaired) electrons. The van der Waals surface area contributed by atoms with Crippen LogP contribution in [0.5, 0.6) is 11.5 Å². The molecule has 0 fully saturated rings. The molecule has 1 amide bonds. The van der Waals surface area contributed by atoms with Gasteiger partial charge in [-0.2, -0.15) is 0 Å². The molecule has 0 saturated heterocycles. The van der Waals surface area contributed by atoms with Gasteiger partial charge in [-0.1, -0.05) is 0 Å². The maximum atomic E-state index is 10.7. The average Bonchev–Trinajstić information content (AvgIpc) is 2.15. The number of ether oxygens (including phenoxy) is 2. The number of hydrogen-bond acceptors (Lipinski definition) is 3. The van der Waals surface area contributed by atoms with Gasteiger partial charge < -0.3 is 9.47 Å². The molecule has 0 aromatic heterocycles. The van der Waals surface area contributed by atoms with Gasteiger partial charge in [-0.25, -0.2) is 0 Å². The van der Waals surface area contributed by atoms with Crippen molar-refractivity contribution in [1.29, 1.82) is 0 Å². The second-order valence-corrected chi connectivity index (χ2v) is 3.77. The van der Waals surface area contributed by atoms with Crippen LogP contribution in [0, 0.1) is 0 Å². The first-order chi connectivity index (χ1) is 7.08. The Bertz CT molecular complexity index is 379. The lowest BCUT2D eigenvalue weighted by molar-refractivity contribution is -0.118. The van der Waals surface area contributed by atoms with Crippen LogP contribution in [0.1, 0.15) is 5.56 Å². The molecule has 81 valence electrons. The van der Waals surface area contributed by atoms with Crippen LogP contribution in [-0.2, 0) is 11.2 Å². The zero-order chi connectivity index (χ0) is 11.4. The molecule has 0 bridgehead atoms. The van der Waals surface area contributed by atoms with E-state index in [1.165, 1.54) is 14.2 Å². The van der Waals surface area contributed by atoms with E-state index in [1.807, 2.05) is 0 Å². The molecular weight excluding hydrogens is 262 g/mol. The van der Waals surface area contributed by atoms with Crippen molar-refractivity contribution in [3.63, 3.8) is 0 Å². The number of carbonyl (C=O) groups is 1. The minimum absolute atomic E-state index is 0.0684. The van der Waals surface area contributed by atoms with Crippen molar-refractivity contribution in [3.05, 3.63) is 22.2 Å². The molecule has 0 unspecified atom stereocenters. The minimum atomic E-state index is -0.630. The van der Waals surface area contributed by atoms with E-state index in [0.717, 1.165) is 5.56 Å². The SMILES string of the molecule is COc1cc(CC([NH])=O)cc(Br)c1OC. The Balaban J connectivity index is 3.13. The highest BCUT2D eigenvalue weighted by Crippen LogP contribution is 2.36. The van der Waals surface area contributed by atoms with Gasteiger partial charge in [-0.05, 0) is 33.6 Å². The summed E-state index contributed by atoms with van der Waals surface area (Å²) >= 11 is 3.31. The Hall–Kier alpha value is -1.23. The van der Waals surface area contributed by atoms with E-state index in [0.29, 0.717) is 16.0 Å². The molecule has 1 aromatic rings. The van der Waals surface area contributed by atoms with Crippen LogP contribution < -0.4 is 15.2 Å². The first kappa shape index (κ1) is 11.8. The molecule has 0 heterocycles. The highest BCUT2D eigenvalue weighted by Gasteiger charge is 2.11. The largest absolute Gasteiger partial charge is 0.493 e. The molecule has 1 N–H and O–H groups in total. The minimum Gasteiger partial charge on any atom is -0.493 e. The zero-order valence-corrected chi connectivity index (χ0v) is 10.1. The van der Waals surface area contributed by atoms with Crippen LogP contribution in [0.25, 0.3) is 0 Å². The summed E-state index contributed by atoms with van der Waals surface area (Å²) in [6.07, 6.45) is 0.0684. The van der Waals surface area contributed by atoms with E-state index in [-0.39, 0.29) is 6.42 Å². The summed E-state index contributed by atoms with van der Waals surface area (Å²) in [7, 11) is 3.06. The third-order valence-corrected chi connectivity index (χ3v) is 2.45. The van der Waals surface area contributed by atoms with E-state index in [4.69, 9.17) is 15.2 Å². The lowest BCUT2D eigenvalue weighted by atomic mass is 10.1. The summed E-state index contributed by atoms with van der Waals surface area (Å²) in [5.74, 6) is 0.496. The van der Waals surface area contributed by atoms with Crippen molar-refractivity contribution in [2.45, 2.75) is 6.42 Å². The van der Waals surface area contributed by atoms with Crippen molar-refractivity contribution < 1.29 is 14.3 Å². The van der Waals surface area contributed by atoms with Crippen LogP contribution in [0.2, 0.25) is 0 Å². The summed E-state index contributed by atoms with van der Waals surface area (Å²) in [4.78, 5) is 10.7. The molecule has 1 aromatic carbocycles. The molecule has 15 heavy (non-hydrogen) atoms. The predicted octanol–water partition coefficient (Wildman–Crippen LogP) is 1.82. The normalized spacial score (nSPS) is 9.80. The van der Waals surface area contributed by atoms with Crippen molar-refractivity contribution >= 4 is 21.8 Å². The monoisotopic (exact) mass is 272 g/mol. The molecular formula is C10H11BrNO3. The van der Waals surface area contributed by atoms with Crippen molar-refractivity contribution in [2.75, 3.05) is 14.2 Å². The van der Waals surface area contributed by atoms with E-state index in [2.05, 4.69) is 15.9 Å². The Kier molecular flexibility index (Phi) is 3.96. The van der Waals surface area contributed by atoms with E-state index in [1.54, 1.807) is 12.1 Å². The number of hydrogen-bond donors (Lipinski definition) is 0. The second-order valence-electron chi connectivity index (χ2n) is 2.91. The first-order valence-corrected chi connectivity index (χ1v) is 5.02. The summed E-state index contributed by atoms with van der Waals surface area (Å²) in [5, 5.41) is 0. The number of methoxy groups -OCH3 is 2. The maximum Gasteiger partial charge on any atom is 0.242 e. The summed E-state index contributed by atoms with van der Waals surface area (Å²) in [5.41, 5.74) is 7.61. The molecule has 0 aliphatic heterocycles. The van der Waals surface area contributed by atoms with Crippen LogP contribution >= 0.6 is 15.9 Å². The Morgan fingerprint density at radius 1 is 1.40 bits per heavy atom. The highest BCUT2D eigenvalue weighted by molar-refractivity contribution is 9.10. The van der Waals surface area contributed by atoms with E-state index >= 15 is 0 Å². The van der Waals surface area contributed by atoms with Gasteiger partial charge in [0, 0.05) is 0 Å². The third kappa shape index (κ3) is 2.86. The number of carbonyl (C=O) groups excluding carboxylic acids is 1. The van der Waals surface area contributed by atoms with Gasteiger partial charge in [-0.15, -0.1) is 0 Å². The predicted molar refractivity (Wildman–Crippen MR) is 59.1 cm³/mol. The van der Waals surface area contributed by atoms with Gasteiger partial charge in [0.15, 0.2) is 11.5 Å². The molecule has 5 heteroatoms. The van der Waals surface area contributed by atoms with Crippen molar-refractivity contribution in [2.24, 2.45) is 0 Å². The van der Waals surface area contributed by atoms with E-state index < -0.39 is 5.91 Å². The lowest BCUT2D eigenvalue weighted by Gasteiger charge is -2.11. The van der Waals surface area contributed by atoms with Crippen molar-refractivity contribution in [3.8, 4) is 11.5 Å². The number of halogens is 1. The molecule has 1 rings (SSSR count). The van der Waals surface area contributed by atoms with Crippen LogP contribution in [0.15, 0.2) is 16.6 Å². The fourth-order valence-corrected chi connectivity index (χ4v) is 1.91. The van der Waals surface area contributed by atoms with Crippen molar-refractivity contribution in [1.82, 2.24) is 5.73 Å². The fourth-order valence-electron chi connectivity index (χ4n) is 1.26. The second kappa shape index (κ2) is 5.02. The molecule has 0 atom stereocenters. The van der Waals surface area contributed by atoms with Crippen LogP contribution in [-0.4, -0.2) is 20.1 Å². The molecule has 0 saturated carbocycles. The first-order valence-electron chi connectivity index (χ1n) is 4.23. The number of rotatable bonds is 4.